The van der Waals surface area contributed by atoms with Crippen molar-refractivity contribution in [3.63, 3.8) is 0 Å². The summed E-state index contributed by atoms with van der Waals surface area (Å²) in [6.07, 6.45) is 3.52. The third kappa shape index (κ3) is 4.31. The maximum absolute atomic E-state index is 12.6. The van der Waals surface area contributed by atoms with Crippen LogP contribution in [0.1, 0.15) is 5.82 Å². The van der Waals surface area contributed by atoms with Crippen LogP contribution in [0.5, 0.6) is 0 Å². The average molecular weight is 356 g/mol. The fourth-order valence-electron chi connectivity index (χ4n) is 1.99. The van der Waals surface area contributed by atoms with Gasteiger partial charge in [-0.3, -0.25) is 0 Å². The highest BCUT2D eigenvalue weighted by atomic mass is 32.2. The summed E-state index contributed by atoms with van der Waals surface area (Å²) >= 11 is 1.57. The minimum atomic E-state index is -3.57. The molecule has 0 bridgehead atoms. The van der Waals surface area contributed by atoms with E-state index in [1.165, 1.54) is 11.4 Å². The molecule has 1 heterocycles. The monoisotopic (exact) mass is 356 g/mol. The maximum atomic E-state index is 12.6. The molecule has 0 saturated heterocycles. The van der Waals surface area contributed by atoms with E-state index >= 15 is 0 Å². The fourth-order valence-corrected chi connectivity index (χ4v) is 3.52. The second-order valence-electron chi connectivity index (χ2n) is 4.87. The normalized spacial score (nSPS) is 12.0. The lowest BCUT2D eigenvalue weighted by molar-refractivity contribution is 0.185. The molecule has 0 aliphatic heterocycles. The van der Waals surface area contributed by atoms with Gasteiger partial charge in [-0.2, -0.15) is 4.31 Å². The third-order valence-electron chi connectivity index (χ3n) is 3.36. The maximum Gasteiger partial charge on any atom is 0.243 e. The lowest BCUT2D eigenvalue weighted by Crippen LogP contribution is -2.28. The Labute approximate surface area is 140 Å². The van der Waals surface area contributed by atoms with Crippen LogP contribution in [0.4, 0.5) is 0 Å². The number of hydrogen-bond donors (Lipinski definition) is 0. The van der Waals surface area contributed by atoms with Gasteiger partial charge >= 0.3 is 0 Å². The first-order valence-electron chi connectivity index (χ1n) is 6.95. The van der Waals surface area contributed by atoms with Crippen LogP contribution in [0.25, 0.3) is 0 Å². The SMILES string of the molecule is COCCn1cnnc1CN(C)S(=O)(=O)c1ccc(SC)cc1. The van der Waals surface area contributed by atoms with Gasteiger partial charge in [-0.05, 0) is 30.5 Å². The Morgan fingerprint density at radius 2 is 2.00 bits per heavy atom. The molecule has 0 saturated carbocycles. The Hall–Kier alpha value is -1.42. The number of benzene rings is 1. The predicted octanol–water partition coefficient (Wildman–Crippen LogP) is 1.47. The highest BCUT2D eigenvalue weighted by molar-refractivity contribution is 7.98. The Kier molecular flexibility index (Phi) is 6.17. The molecule has 1 aromatic carbocycles. The number of nitrogens with zero attached hydrogens (tertiary/aromatic N) is 4. The van der Waals surface area contributed by atoms with E-state index < -0.39 is 10.0 Å². The quantitative estimate of drug-likeness (QED) is 0.667. The van der Waals surface area contributed by atoms with Crippen molar-refractivity contribution in [2.24, 2.45) is 0 Å². The highest BCUT2D eigenvalue weighted by Gasteiger charge is 2.22. The number of thioether (sulfide) groups is 1. The van der Waals surface area contributed by atoms with Crippen LogP contribution < -0.4 is 0 Å². The summed E-state index contributed by atoms with van der Waals surface area (Å²) in [6.45, 7) is 1.24. The molecule has 0 N–H and O–H groups in total. The molecule has 1 aromatic heterocycles. The first-order chi connectivity index (χ1) is 11.0. The first kappa shape index (κ1) is 17.9. The number of methoxy groups -OCH3 is 1. The number of hydrogen-bond acceptors (Lipinski definition) is 6. The number of ether oxygens (including phenoxy) is 1. The molecule has 0 unspecified atom stereocenters. The predicted molar refractivity (Wildman–Crippen MR) is 88.8 cm³/mol. The zero-order valence-electron chi connectivity index (χ0n) is 13.3. The fraction of sp³-hybridized carbons (Fsp3) is 0.429. The first-order valence-corrected chi connectivity index (χ1v) is 9.61. The Balaban J connectivity index is 2.15. The van der Waals surface area contributed by atoms with Crippen molar-refractivity contribution in [2.75, 3.05) is 27.0 Å². The molecule has 0 aliphatic carbocycles. The molecule has 126 valence electrons. The molecule has 7 nitrogen and oxygen atoms in total. The van der Waals surface area contributed by atoms with E-state index in [4.69, 9.17) is 4.74 Å². The molecule has 0 amide bonds. The highest BCUT2D eigenvalue weighted by Crippen LogP contribution is 2.20. The van der Waals surface area contributed by atoms with Crippen LogP contribution >= 0.6 is 11.8 Å². The van der Waals surface area contributed by atoms with E-state index in [0.717, 1.165) is 4.90 Å². The molecule has 0 radical (unpaired) electrons. The van der Waals surface area contributed by atoms with E-state index in [2.05, 4.69) is 10.2 Å². The van der Waals surface area contributed by atoms with Crippen LogP contribution in [0.2, 0.25) is 0 Å². The van der Waals surface area contributed by atoms with Crippen molar-refractivity contribution in [3.8, 4) is 0 Å². The number of aromatic nitrogens is 3. The molecule has 23 heavy (non-hydrogen) atoms. The van der Waals surface area contributed by atoms with Crippen molar-refractivity contribution in [3.05, 3.63) is 36.4 Å². The van der Waals surface area contributed by atoms with Gasteiger partial charge in [0, 0.05) is 25.6 Å². The van der Waals surface area contributed by atoms with Crippen molar-refractivity contribution in [1.82, 2.24) is 19.1 Å². The summed E-state index contributed by atoms with van der Waals surface area (Å²) in [5.41, 5.74) is 0. The van der Waals surface area contributed by atoms with E-state index in [1.807, 2.05) is 6.26 Å². The van der Waals surface area contributed by atoms with Crippen LogP contribution in [-0.2, 0) is 27.8 Å². The Morgan fingerprint density at radius 3 is 2.61 bits per heavy atom. The molecular weight excluding hydrogens is 336 g/mol. The molecule has 2 aromatic rings. The van der Waals surface area contributed by atoms with Crippen molar-refractivity contribution < 1.29 is 13.2 Å². The van der Waals surface area contributed by atoms with E-state index in [0.29, 0.717) is 19.0 Å². The van der Waals surface area contributed by atoms with Crippen molar-refractivity contribution in [2.45, 2.75) is 22.9 Å². The minimum Gasteiger partial charge on any atom is -0.383 e. The van der Waals surface area contributed by atoms with E-state index in [9.17, 15) is 8.42 Å². The standard InChI is InChI=1S/C14H20N4O3S2/c1-17(10-14-16-15-11-18(14)8-9-21-2)23(19,20)13-6-4-12(22-3)5-7-13/h4-7,11H,8-10H2,1-3H3. The van der Waals surface area contributed by atoms with Gasteiger partial charge in [-0.15, -0.1) is 22.0 Å². The van der Waals surface area contributed by atoms with Gasteiger partial charge in [-0.25, -0.2) is 8.42 Å². The minimum absolute atomic E-state index is 0.149. The van der Waals surface area contributed by atoms with E-state index in [1.54, 1.807) is 54.0 Å². The zero-order valence-corrected chi connectivity index (χ0v) is 15.0. The van der Waals surface area contributed by atoms with Gasteiger partial charge in [0.2, 0.25) is 10.0 Å². The smallest absolute Gasteiger partial charge is 0.243 e. The second kappa shape index (κ2) is 7.91. The molecule has 0 aliphatic rings. The van der Waals surface area contributed by atoms with Gasteiger partial charge < -0.3 is 9.30 Å². The van der Waals surface area contributed by atoms with Gasteiger partial charge in [-0.1, -0.05) is 0 Å². The third-order valence-corrected chi connectivity index (χ3v) is 5.92. The van der Waals surface area contributed by atoms with E-state index in [-0.39, 0.29) is 11.4 Å². The van der Waals surface area contributed by atoms with Crippen LogP contribution in [0.3, 0.4) is 0 Å². The van der Waals surface area contributed by atoms with Crippen LogP contribution in [-0.4, -0.2) is 54.5 Å². The van der Waals surface area contributed by atoms with Crippen LogP contribution in [0, 0.1) is 0 Å². The summed E-state index contributed by atoms with van der Waals surface area (Å²) in [6, 6.07) is 6.83. The largest absolute Gasteiger partial charge is 0.383 e. The number of rotatable bonds is 8. The summed E-state index contributed by atoms with van der Waals surface area (Å²) in [5, 5.41) is 7.83. The van der Waals surface area contributed by atoms with Gasteiger partial charge in [0.05, 0.1) is 18.0 Å². The topological polar surface area (TPSA) is 77.3 Å². The van der Waals surface area contributed by atoms with Crippen molar-refractivity contribution >= 4 is 21.8 Å². The van der Waals surface area contributed by atoms with Gasteiger partial charge in [0.1, 0.15) is 12.2 Å². The molecule has 2 rings (SSSR count). The molecular formula is C14H20N4O3S2. The lowest BCUT2D eigenvalue weighted by atomic mass is 10.4. The summed E-state index contributed by atoms with van der Waals surface area (Å²) in [4.78, 5) is 1.28. The lowest BCUT2D eigenvalue weighted by Gasteiger charge is -2.17. The summed E-state index contributed by atoms with van der Waals surface area (Å²) in [5.74, 6) is 0.578. The van der Waals surface area contributed by atoms with Gasteiger partial charge in [0.15, 0.2) is 0 Å². The summed E-state index contributed by atoms with van der Waals surface area (Å²) in [7, 11) is -0.421. The molecule has 0 fully saturated rings. The van der Waals surface area contributed by atoms with Crippen LogP contribution in [0.15, 0.2) is 40.4 Å². The Morgan fingerprint density at radius 1 is 1.30 bits per heavy atom. The average Bonchev–Trinajstić information content (AvgIpc) is 3.00. The zero-order chi connectivity index (χ0) is 16.9. The molecule has 9 heteroatoms. The van der Waals surface area contributed by atoms with Gasteiger partial charge in [0.25, 0.3) is 0 Å². The summed E-state index contributed by atoms with van der Waals surface area (Å²) < 4.78 is 33.3. The second-order valence-corrected chi connectivity index (χ2v) is 7.79. The Bertz CT molecular complexity index is 729. The molecule has 0 atom stereocenters. The van der Waals surface area contributed by atoms with Crippen molar-refractivity contribution in [1.29, 1.82) is 0 Å². The number of sulfonamides is 1. The molecule has 0 spiro atoms.